The van der Waals surface area contributed by atoms with E-state index in [1.807, 2.05) is 42.7 Å². The number of thioether (sulfide) groups is 1. The summed E-state index contributed by atoms with van der Waals surface area (Å²) in [6.07, 6.45) is 3.96. The number of benzene rings is 1. The Hall–Kier alpha value is -3.59. The number of para-hydroxylation sites is 1. The maximum atomic E-state index is 13.2. The number of H-pyrrole nitrogens is 1. The summed E-state index contributed by atoms with van der Waals surface area (Å²) in [5.74, 6) is 0.761. The lowest BCUT2D eigenvalue weighted by atomic mass is 10.0. The van der Waals surface area contributed by atoms with E-state index >= 15 is 0 Å². The number of pyridine rings is 1. The number of hydrogen-bond acceptors (Lipinski definition) is 6. The highest BCUT2D eigenvalue weighted by molar-refractivity contribution is 7.98. The third-order valence-electron chi connectivity index (χ3n) is 5.31. The number of amides is 2. The molecule has 0 radical (unpaired) electrons. The molecule has 3 N–H and O–H groups in total. The Bertz CT molecular complexity index is 1190. The summed E-state index contributed by atoms with van der Waals surface area (Å²) < 4.78 is 0. The van der Waals surface area contributed by atoms with Crippen LogP contribution in [0.3, 0.4) is 0 Å². The van der Waals surface area contributed by atoms with Gasteiger partial charge in [0.25, 0.3) is 0 Å². The van der Waals surface area contributed by atoms with Crippen LogP contribution < -0.4 is 10.6 Å². The van der Waals surface area contributed by atoms with Crippen LogP contribution in [0, 0.1) is 0 Å². The third kappa shape index (κ3) is 5.09. The molecule has 2 aromatic heterocycles. The first-order chi connectivity index (χ1) is 16.0. The number of aromatic nitrogens is 2. The van der Waals surface area contributed by atoms with E-state index in [0.717, 1.165) is 17.0 Å². The van der Waals surface area contributed by atoms with Gasteiger partial charge in [-0.1, -0.05) is 18.2 Å². The van der Waals surface area contributed by atoms with Crippen molar-refractivity contribution in [2.75, 3.05) is 29.2 Å². The number of nitrogens with one attached hydrogen (secondary N) is 3. The smallest absolute Gasteiger partial charge is 0.224 e. The van der Waals surface area contributed by atoms with Crippen molar-refractivity contribution in [3.05, 3.63) is 59.9 Å². The monoisotopic (exact) mass is 463 g/mol. The molecule has 0 atom stereocenters. The highest BCUT2D eigenvalue weighted by Crippen LogP contribution is 2.38. The summed E-state index contributed by atoms with van der Waals surface area (Å²) in [4.78, 5) is 46.5. The Balaban J connectivity index is 1.76. The van der Waals surface area contributed by atoms with E-state index in [4.69, 9.17) is 0 Å². The second kappa shape index (κ2) is 9.91. The molecule has 0 spiro atoms. The van der Waals surface area contributed by atoms with Crippen molar-refractivity contribution in [1.82, 2.24) is 14.9 Å². The molecule has 4 rings (SSSR count). The molecule has 170 valence electrons. The van der Waals surface area contributed by atoms with Gasteiger partial charge in [-0.25, -0.2) is 4.98 Å². The molecule has 3 heterocycles. The molecule has 0 fully saturated rings. The lowest BCUT2D eigenvalue weighted by molar-refractivity contribution is -0.131. The van der Waals surface area contributed by atoms with Crippen molar-refractivity contribution in [1.29, 1.82) is 0 Å². The second-order valence-electron chi connectivity index (χ2n) is 7.75. The van der Waals surface area contributed by atoms with Gasteiger partial charge in [0, 0.05) is 42.2 Å². The van der Waals surface area contributed by atoms with Crippen molar-refractivity contribution >= 4 is 46.6 Å². The van der Waals surface area contributed by atoms with Crippen LogP contribution in [0.1, 0.15) is 29.4 Å². The van der Waals surface area contributed by atoms with Gasteiger partial charge in [-0.3, -0.25) is 14.4 Å². The molecule has 0 unspecified atom stereocenters. The van der Waals surface area contributed by atoms with Gasteiger partial charge in [-0.05, 0) is 30.5 Å². The fourth-order valence-electron chi connectivity index (χ4n) is 3.84. The number of carbonyl (C=O) groups is 3. The predicted octanol–water partition coefficient (Wildman–Crippen LogP) is 4.06. The predicted molar refractivity (Wildman–Crippen MR) is 131 cm³/mol. The van der Waals surface area contributed by atoms with E-state index in [1.165, 1.54) is 6.92 Å². The normalized spacial score (nSPS) is 12.9. The Morgan fingerprint density at radius 2 is 1.97 bits per heavy atom. The number of anilines is 3. The topological polar surface area (TPSA) is 107 Å². The fourth-order valence-corrected chi connectivity index (χ4v) is 4.22. The summed E-state index contributed by atoms with van der Waals surface area (Å²) in [7, 11) is 0. The molecular formula is C24H25N5O3S. The first-order valence-electron chi connectivity index (χ1n) is 10.6. The van der Waals surface area contributed by atoms with Gasteiger partial charge >= 0.3 is 0 Å². The average molecular weight is 464 g/mol. The summed E-state index contributed by atoms with van der Waals surface area (Å²) >= 11 is 1.60. The van der Waals surface area contributed by atoms with Gasteiger partial charge < -0.3 is 20.5 Å². The highest BCUT2D eigenvalue weighted by Gasteiger charge is 2.32. The van der Waals surface area contributed by atoms with Crippen LogP contribution in [0.5, 0.6) is 0 Å². The van der Waals surface area contributed by atoms with Gasteiger partial charge in [0.1, 0.15) is 5.82 Å². The lowest BCUT2D eigenvalue weighted by Gasteiger charge is -2.26. The average Bonchev–Trinajstić information content (AvgIpc) is 3.16. The Kier molecular flexibility index (Phi) is 6.79. The van der Waals surface area contributed by atoms with E-state index in [9.17, 15) is 14.4 Å². The molecule has 9 heteroatoms. The molecule has 0 saturated carbocycles. The van der Waals surface area contributed by atoms with Gasteiger partial charge in [-0.2, -0.15) is 11.8 Å². The highest BCUT2D eigenvalue weighted by atomic mass is 32.2. The first kappa shape index (κ1) is 22.6. The number of fused-ring (bicyclic) bond motifs is 1. The van der Waals surface area contributed by atoms with Crippen molar-refractivity contribution in [2.24, 2.45) is 0 Å². The zero-order chi connectivity index (χ0) is 23.4. The van der Waals surface area contributed by atoms with Crippen molar-refractivity contribution < 1.29 is 14.4 Å². The third-order valence-corrected chi connectivity index (χ3v) is 5.92. The van der Waals surface area contributed by atoms with Crippen LogP contribution in [0.15, 0.2) is 48.7 Å². The molecule has 1 aliphatic rings. The molecule has 1 aliphatic heterocycles. The van der Waals surface area contributed by atoms with Crippen molar-refractivity contribution in [2.45, 2.75) is 19.9 Å². The molecule has 33 heavy (non-hydrogen) atoms. The number of rotatable bonds is 7. The van der Waals surface area contributed by atoms with Gasteiger partial charge in [-0.15, -0.1) is 0 Å². The number of hydrogen-bond donors (Lipinski definition) is 3. The Morgan fingerprint density at radius 1 is 1.18 bits per heavy atom. The van der Waals surface area contributed by atoms with Crippen LogP contribution in [0.25, 0.3) is 11.3 Å². The molecule has 2 amide bonds. The van der Waals surface area contributed by atoms with Gasteiger partial charge in [0.15, 0.2) is 5.78 Å². The fraction of sp³-hybridized carbons (Fsp3) is 0.250. The molecule has 0 saturated heterocycles. The van der Waals surface area contributed by atoms with Gasteiger partial charge in [0.05, 0.1) is 30.0 Å². The maximum absolute atomic E-state index is 13.2. The van der Waals surface area contributed by atoms with Crippen LogP contribution in [0.4, 0.5) is 17.2 Å². The molecule has 1 aromatic carbocycles. The lowest BCUT2D eigenvalue weighted by Crippen LogP contribution is -2.39. The minimum absolute atomic E-state index is 0.0334. The van der Waals surface area contributed by atoms with Crippen LogP contribution in [-0.4, -0.2) is 51.0 Å². The number of carbonyl (C=O) groups excluding carboxylic acids is 3. The molecular weight excluding hydrogens is 438 g/mol. The summed E-state index contributed by atoms with van der Waals surface area (Å²) in [6.45, 7) is 1.81. The van der Waals surface area contributed by atoms with Crippen LogP contribution >= 0.6 is 11.8 Å². The van der Waals surface area contributed by atoms with Crippen molar-refractivity contribution in [3.63, 3.8) is 0 Å². The number of ketones is 1. The molecule has 0 bridgehead atoms. The zero-order valence-corrected chi connectivity index (χ0v) is 19.3. The molecule has 8 nitrogen and oxygen atoms in total. The Labute approximate surface area is 196 Å². The first-order valence-corrected chi connectivity index (χ1v) is 12.0. The van der Waals surface area contributed by atoms with E-state index in [0.29, 0.717) is 41.4 Å². The summed E-state index contributed by atoms with van der Waals surface area (Å²) in [6, 6.07) is 13.1. The number of nitrogens with zero attached hydrogens (tertiary/aromatic N) is 2. The second-order valence-corrected chi connectivity index (χ2v) is 8.73. The van der Waals surface area contributed by atoms with Crippen LogP contribution in [0.2, 0.25) is 0 Å². The maximum Gasteiger partial charge on any atom is 0.224 e. The minimum Gasteiger partial charge on any atom is -0.355 e. The van der Waals surface area contributed by atoms with E-state index in [2.05, 4.69) is 20.6 Å². The van der Waals surface area contributed by atoms with Crippen LogP contribution in [-0.2, 0) is 16.1 Å². The quantitative estimate of drug-likeness (QED) is 0.488. The number of Topliss-reactive ketones (excluding diaryl/α,β-unsaturated/α-hetero) is 1. The number of aromatic amines is 1. The Morgan fingerprint density at radius 3 is 2.70 bits per heavy atom. The standard InChI is InChI=1S/C24H25N5O3S/c1-15(30)26-20-12-16(8-10-25-20)23-24(27-17-6-4-3-5-7-17)22-18(28-23)13-29(14-19(22)31)21(32)9-11-33-2/h3-8,10,12,27-28H,9,11,13-14H2,1-2H3,(H,25,26,30). The van der Waals surface area contributed by atoms with Crippen molar-refractivity contribution in [3.8, 4) is 11.3 Å². The largest absolute Gasteiger partial charge is 0.355 e. The van der Waals surface area contributed by atoms with Gasteiger partial charge in [0.2, 0.25) is 11.8 Å². The SMILES string of the molecule is CSCCC(=O)N1CC(=O)c2c([nH]c(-c3ccnc(NC(C)=O)c3)c2Nc2ccccc2)C1. The van der Waals surface area contributed by atoms with E-state index in [1.54, 1.807) is 28.9 Å². The summed E-state index contributed by atoms with van der Waals surface area (Å²) in [5, 5.41) is 6.07. The molecule has 3 aromatic rings. The van der Waals surface area contributed by atoms with E-state index in [-0.39, 0.29) is 24.1 Å². The zero-order valence-electron chi connectivity index (χ0n) is 18.5. The minimum atomic E-state index is -0.220. The molecule has 0 aliphatic carbocycles. The summed E-state index contributed by atoms with van der Waals surface area (Å²) in [5.41, 5.74) is 4.19. The van der Waals surface area contributed by atoms with E-state index < -0.39 is 0 Å².